The minimum atomic E-state index is -0.151. The maximum absolute atomic E-state index is 12.4. The Labute approximate surface area is 130 Å². The van der Waals surface area contributed by atoms with Crippen molar-refractivity contribution in [2.24, 2.45) is 11.8 Å². The molecule has 1 aromatic rings. The van der Waals surface area contributed by atoms with Crippen molar-refractivity contribution >= 4 is 11.8 Å². The quantitative estimate of drug-likeness (QED) is 0.499. The minimum Gasteiger partial charge on any atom is -0.491 e. The van der Waals surface area contributed by atoms with Gasteiger partial charge in [-0.1, -0.05) is 0 Å². The van der Waals surface area contributed by atoms with Crippen molar-refractivity contribution in [3.05, 3.63) is 29.8 Å². The van der Waals surface area contributed by atoms with Gasteiger partial charge in [-0.2, -0.15) is 0 Å². The van der Waals surface area contributed by atoms with Crippen molar-refractivity contribution in [2.45, 2.75) is 32.8 Å². The number of nitrogens with two attached hydrogens (primary N) is 1. The lowest BCUT2D eigenvalue weighted by Crippen LogP contribution is -2.44. The number of carbonyl (C=O) groups excluding carboxylic acids is 2. The van der Waals surface area contributed by atoms with E-state index in [2.05, 4.69) is 5.43 Å². The molecule has 2 rings (SSSR count). The first-order valence-corrected chi connectivity index (χ1v) is 7.57. The molecule has 3 N–H and O–H groups in total. The van der Waals surface area contributed by atoms with Gasteiger partial charge in [-0.15, -0.1) is 0 Å². The minimum absolute atomic E-state index is 0.0114. The van der Waals surface area contributed by atoms with Gasteiger partial charge in [0.25, 0.3) is 5.91 Å². The van der Waals surface area contributed by atoms with E-state index in [1.807, 2.05) is 26.0 Å². The second-order valence-corrected chi connectivity index (χ2v) is 5.77. The molecule has 1 saturated heterocycles. The number of hydrazine groups is 1. The molecule has 1 aliphatic rings. The van der Waals surface area contributed by atoms with Gasteiger partial charge in [0, 0.05) is 24.6 Å². The molecule has 6 nitrogen and oxygen atoms in total. The molecule has 0 spiro atoms. The molecular weight excluding hydrogens is 282 g/mol. The first-order chi connectivity index (χ1) is 10.5. The van der Waals surface area contributed by atoms with Crippen LogP contribution in [0.1, 0.15) is 37.0 Å². The van der Waals surface area contributed by atoms with Gasteiger partial charge in [-0.25, -0.2) is 5.84 Å². The molecule has 1 heterocycles. The molecule has 1 aromatic carbocycles. The summed E-state index contributed by atoms with van der Waals surface area (Å²) in [6.07, 6.45) is 1.39. The SMILES string of the molecule is CC(C)Oc1ccc(C(=O)N2CCC(C(=O)NN)CC2)cc1. The van der Waals surface area contributed by atoms with Crippen LogP contribution in [0.3, 0.4) is 0 Å². The van der Waals surface area contributed by atoms with E-state index < -0.39 is 0 Å². The number of nitrogens with one attached hydrogen (secondary N) is 1. The Kier molecular flexibility index (Phi) is 5.38. The van der Waals surface area contributed by atoms with Crippen molar-refractivity contribution in [3.8, 4) is 5.75 Å². The third-order valence-electron chi connectivity index (χ3n) is 3.77. The zero-order chi connectivity index (χ0) is 16.1. The number of likely N-dealkylation sites (tertiary alicyclic amines) is 1. The third-order valence-corrected chi connectivity index (χ3v) is 3.77. The van der Waals surface area contributed by atoms with Gasteiger partial charge in [0.05, 0.1) is 6.10 Å². The number of benzene rings is 1. The fourth-order valence-electron chi connectivity index (χ4n) is 2.59. The Morgan fingerprint density at radius 2 is 1.82 bits per heavy atom. The van der Waals surface area contributed by atoms with Crippen LogP contribution in [0.15, 0.2) is 24.3 Å². The molecule has 120 valence electrons. The molecule has 0 radical (unpaired) electrons. The molecule has 0 bridgehead atoms. The van der Waals surface area contributed by atoms with Gasteiger partial charge in [0.1, 0.15) is 5.75 Å². The largest absolute Gasteiger partial charge is 0.491 e. The van der Waals surface area contributed by atoms with Crippen LogP contribution in [0.4, 0.5) is 0 Å². The fraction of sp³-hybridized carbons (Fsp3) is 0.500. The van der Waals surface area contributed by atoms with Gasteiger partial charge < -0.3 is 9.64 Å². The maximum atomic E-state index is 12.4. The summed E-state index contributed by atoms with van der Waals surface area (Å²) in [5.74, 6) is 5.64. The number of piperidine rings is 1. The van der Waals surface area contributed by atoms with Crippen molar-refractivity contribution in [3.63, 3.8) is 0 Å². The highest BCUT2D eigenvalue weighted by Crippen LogP contribution is 2.20. The molecule has 0 atom stereocenters. The fourth-order valence-corrected chi connectivity index (χ4v) is 2.59. The third kappa shape index (κ3) is 3.98. The van der Waals surface area contributed by atoms with Gasteiger partial charge in [0.2, 0.25) is 5.91 Å². The number of ether oxygens (including phenoxy) is 1. The van der Waals surface area contributed by atoms with Crippen LogP contribution in [-0.4, -0.2) is 35.9 Å². The van der Waals surface area contributed by atoms with E-state index in [1.54, 1.807) is 17.0 Å². The summed E-state index contributed by atoms with van der Waals surface area (Å²) < 4.78 is 5.57. The highest BCUT2D eigenvalue weighted by Gasteiger charge is 2.27. The summed E-state index contributed by atoms with van der Waals surface area (Å²) >= 11 is 0. The van der Waals surface area contributed by atoms with Crippen LogP contribution in [0, 0.1) is 5.92 Å². The Bertz CT molecular complexity index is 520. The zero-order valence-corrected chi connectivity index (χ0v) is 13.0. The molecule has 0 aliphatic carbocycles. The number of rotatable bonds is 4. The molecule has 6 heteroatoms. The normalized spacial score (nSPS) is 15.7. The lowest BCUT2D eigenvalue weighted by molar-refractivity contribution is -0.126. The Hall–Kier alpha value is -2.08. The van der Waals surface area contributed by atoms with Crippen LogP contribution in [0.25, 0.3) is 0 Å². The molecule has 0 saturated carbocycles. The van der Waals surface area contributed by atoms with Gasteiger partial charge in [-0.3, -0.25) is 15.0 Å². The lowest BCUT2D eigenvalue weighted by atomic mass is 9.95. The van der Waals surface area contributed by atoms with Crippen LogP contribution >= 0.6 is 0 Å². The molecule has 0 aromatic heterocycles. The van der Waals surface area contributed by atoms with E-state index in [0.717, 1.165) is 5.75 Å². The highest BCUT2D eigenvalue weighted by molar-refractivity contribution is 5.94. The molecule has 22 heavy (non-hydrogen) atoms. The van der Waals surface area contributed by atoms with Crippen LogP contribution < -0.4 is 16.0 Å². The second kappa shape index (κ2) is 7.26. The molecule has 2 amide bonds. The van der Waals surface area contributed by atoms with Crippen molar-refractivity contribution in [2.75, 3.05) is 13.1 Å². The van der Waals surface area contributed by atoms with Crippen LogP contribution in [0.5, 0.6) is 5.75 Å². The van der Waals surface area contributed by atoms with Gasteiger partial charge >= 0.3 is 0 Å². The molecule has 1 fully saturated rings. The standard InChI is InChI=1S/C16H23N3O3/c1-11(2)22-14-5-3-13(4-6-14)16(21)19-9-7-12(8-10-19)15(20)18-17/h3-6,11-12H,7-10,17H2,1-2H3,(H,18,20). The maximum Gasteiger partial charge on any atom is 0.253 e. The first-order valence-electron chi connectivity index (χ1n) is 7.57. The van der Waals surface area contributed by atoms with Crippen molar-refractivity contribution < 1.29 is 14.3 Å². The van der Waals surface area contributed by atoms with Crippen molar-refractivity contribution in [1.29, 1.82) is 0 Å². The number of carbonyl (C=O) groups is 2. The summed E-state index contributed by atoms with van der Waals surface area (Å²) in [7, 11) is 0. The van der Waals surface area contributed by atoms with E-state index in [1.165, 1.54) is 0 Å². The van der Waals surface area contributed by atoms with E-state index in [-0.39, 0.29) is 23.8 Å². The smallest absolute Gasteiger partial charge is 0.253 e. The van der Waals surface area contributed by atoms with Gasteiger partial charge in [-0.05, 0) is 51.0 Å². The topological polar surface area (TPSA) is 84.7 Å². The first kappa shape index (κ1) is 16.3. The van der Waals surface area contributed by atoms with Crippen LogP contribution in [-0.2, 0) is 4.79 Å². The van der Waals surface area contributed by atoms with E-state index in [4.69, 9.17) is 10.6 Å². The summed E-state index contributed by atoms with van der Waals surface area (Å²) in [5, 5.41) is 0. The Morgan fingerprint density at radius 1 is 1.23 bits per heavy atom. The average Bonchev–Trinajstić information content (AvgIpc) is 2.54. The van der Waals surface area contributed by atoms with E-state index in [9.17, 15) is 9.59 Å². The predicted octanol–water partition coefficient (Wildman–Crippen LogP) is 1.32. The summed E-state index contributed by atoms with van der Waals surface area (Å²) in [6, 6.07) is 7.17. The number of hydrogen-bond acceptors (Lipinski definition) is 4. The predicted molar refractivity (Wildman–Crippen MR) is 83.2 cm³/mol. The van der Waals surface area contributed by atoms with E-state index in [0.29, 0.717) is 31.5 Å². The average molecular weight is 305 g/mol. The Morgan fingerprint density at radius 3 is 2.32 bits per heavy atom. The molecular formula is C16H23N3O3. The summed E-state index contributed by atoms with van der Waals surface area (Å²) in [4.78, 5) is 25.7. The monoisotopic (exact) mass is 305 g/mol. The molecule has 0 unspecified atom stereocenters. The second-order valence-electron chi connectivity index (χ2n) is 5.77. The Balaban J connectivity index is 1.93. The summed E-state index contributed by atoms with van der Waals surface area (Å²) in [5.41, 5.74) is 2.81. The number of nitrogens with zero attached hydrogens (tertiary/aromatic N) is 1. The van der Waals surface area contributed by atoms with Crippen molar-refractivity contribution in [1.82, 2.24) is 10.3 Å². The van der Waals surface area contributed by atoms with Gasteiger partial charge in [0.15, 0.2) is 0 Å². The number of amides is 2. The summed E-state index contributed by atoms with van der Waals surface area (Å²) in [6.45, 7) is 5.06. The number of hydrogen-bond donors (Lipinski definition) is 2. The highest BCUT2D eigenvalue weighted by atomic mass is 16.5. The lowest BCUT2D eigenvalue weighted by Gasteiger charge is -2.31. The zero-order valence-electron chi connectivity index (χ0n) is 13.0. The van der Waals surface area contributed by atoms with Crippen LogP contribution in [0.2, 0.25) is 0 Å². The van der Waals surface area contributed by atoms with E-state index >= 15 is 0 Å². The molecule has 1 aliphatic heterocycles.